The van der Waals surface area contributed by atoms with Crippen molar-refractivity contribution in [1.29, 1.82) is 0 Å². The number of thiazole rings is 1. The Morgan fingerprint density at radius 1 is 1.53 bits per heavy atom. The second-order valence-corrected chi connectivity index (χ2v) is 4.34. The molecule has 1 aromatic rings. The minimum Gasteiger partial charge on any atom is -0.387 e. The van der Waals surface area contributed by atoms with Crippen molar-refractivity contribution in [2.24, 2.45) is 0 Å². The Balaban J connectivity index is 2.41. The zero-order chi connectivity index (χ0) is 13.1. The number of nitrogens with zero attached hydrogens (tertiary/aromatic N) is 1. The molecule has 1 heterocycles. The molecule has 0 fully saturated rings. The Morgan fingerprint density at radius 2 is 2.18 bits per heavy atom. The third-order valence-electron chi connectivity index (χ3n) is 1.84. The molecule has 3 nitrogen and oxygen atoms in total. The van der Waals surface area contributed by atoms with Gasteiger partial charge < -0.3 is 9.84 Å². The molecule has 0 aromatic carbocycles. The zero-order valence-electron chi connectivity index (χ0n) is 8.87. The van der Waals surface area contributed by atoms with Crippen molar-refractivity contribution < 1.29 is 27.4 Å². The highest BCUT2D eigenvalue weighted by molar-refractivity contribution is 7.09. The molecule has 0 aliphatic rings. The molecular formula is C9H11F4NO2S. The zero-order valence-corrected chi connectivity index (χ0v) is 9.69. The second-order valence-electron chi connectivity index (χ2n) is 3.40. The second kappa shape index (κ2) is 5.74. The molecule has 0 saturated heterocycles. The lowest BCUT2D eigenvalue weighted by molar-refractivity contribution is -0.168. The molecule has 0 spiro atoms. The van der Waals surface area contributed by atoms with Crippen molar-refractivity contribution in [3.8, 4) is 0 Å². The summed E-state index contributed by atoms with van der Waals surface area (Å²) in [5.74, 6) is -4.15. The first-order valence-electron chi connectivity index (χ1n) is 4.69. The maximum atomic E-state index is 12.5. The number of rotatable bonds is 6. The van der Waals surface area contributed by atoms with Gasteiger partial charge in [-0.05, 0) is 6.92 Å². The summed E-state index contributed by atoms with van der Waals surface area (Å²) in [6.45, 7) is -0.126. The standard InChI is InChI=1S/C9H11F4NO2S/c1-5(15)6-3-17-7(14-6)2-16-4-9(12,13)8(10)11/h3,5,8,15H,2,4H2,1H3. The molecule has 0 amide bonds. The maximum Gasteiger partial charge on any atom is 0.330 e. The Hall–Kier alpha value is -0.730. The molecule has 17 heavy (non-hydrogen) atoms. The van der Waals surface area contributed by atoms with E-state index in [2.05, 4.69) is 9.72 Å². The quantitative estimate of drug-likeness (QED) is 0.810. The fourth-order valence-corrected chi connectivity index (χ4v) is 1.74. The molecule has 1 atom stereocenters. The predicted octanol–water partition coefficient (Wildman–Crippen LogP) is 2.61. The van der Waals surface area contributed by atoms with Crippen LogP contribution in [0.4, 0.5) is 17.6 Å². The molecule has 1 rings (SSSR count). The number of ether oxygens (including phenoxy) is 1. The van der Waals surface area contributed by atoms with Crippen LogP contribution in [0.5, 0.6) is 0 Å². The van der Waals surface area contributed by atoms with E-state index in [1.807, 2.05) is 0 Å². The van der Waals surface area contributed by atoms with Crippen molar-refractivity contribution in [3.05, 3.63) is 16.1 Å². The first kappa shape index (κ1) is 14.3. The molecule has 0 aliphatic heterocycles. The van der Waals surface area contributed by atoms with Crippen LogP contribution < -0.4 is 0 Å². The van der Waals surface area contributed by atoms with E-state index in [0.717, 1.165) is 11.3 Å². The Kier molecular flexibility index (Phi) is 4.84. The minimum atomic E-state index is -4.15. The van der Waals surface area contributed by atoms with Crippen LogP contribution >= 0.6 is 11.3 Å². The Labute approximate surface area is 99.1 Å². The first-order chi connectivity index (χ1) is 7.83. The number of alkyl halides is 4. The average molecular weight is 273 g/mol. The predicted molar refractivity (Wildman–Crippen MR) is 53.4 cm³/mol. The van der Waals surface area contributed by atoms with Crippen LogP contribution in [0.25, 0.3) is 0 Å². The number of aliphatic hydroxyl groups is 1. The lowest BCUT2D eigenvalue weighted by Gasteiger charge is -2.14. The van der Waals surface area contributed by atoms with Crippen LogP contribution in [0.15, 0.2) is 5.38 Å². The van der Waals surface area contributed by atoms with Gasteiger partial charge >= 0.3 is 12.3 Å². The summed E-state index contributed by atoms with van der Waals surface area (Å²) in [7, 11) is 0. The van der Waals surface area contributed by atoms with Gasteiger partial charge in [-0.15, -0.1) is 11.3 Å². The van der Waals surface area contributed by atoms with Crippen molar-refractivity contribution in [3.63, 3.8) is 0 Å². The summed E-state index contributed by atoms with van der Waals surface area (Å²) in [6, 6.07) is 0. The lowest BCUT2D eigenvalue weighted by atomic mass is 10.3. The molecule has 98 valence electrons. The summed E-state index contributed by atoms with van der Waals surface area (Å²) in [6.07, 6.45) is -4.51. The molecule has 8 heteroatoms. The molecule has 0 saturated carbocycles. The monoisotopic (exact) mass is 273 g/mol. The Morgan fingerprint density at radius 3 is 2.65 bits per heavy atom. The SMILES string of the molecule is CC(O)c1csc(COCC(F)(F)C(F)F)n1. The summed E-state index contributed by atoms with van der Waals surface area (Å²) < 4.78 is 52.9. The summed E-state index contributed by atoms with van der Waals surface area (Å²) >= 11 is 1.11. The number of aromatic nitrogens is 1. The van der Waals surface area contributed by atoms with Gasteiger partial charge in [0.2, 0.25) is 0 Å². The van der Waals surface area contributed by atoms with E-state index in [1.54, 1.807) is 5.38 Å². The summed E-state index contributed by atoms with van der Waals surface area (Å²) in [5.41, 5.74) is 0.397. The molecule has 1 N–H and O–H groups in total. The number of hydrogen-bond donors (Lipinski definition) is 1. The van der Waals surface area contributed by atoms with Gasteiger partial charge in [-0.1, -0.05) is 0 Å². The lowest BCUT2D eigenvalue weighted by Crippen LogP contribution is -2.32. The number of aliphatic hydroxyl groups excluding tert-OH is 1. The van der Waals surface area contributed by atoms with Gasteiger partial charge in [0.05, 0.1) is 18.4 Å². The highest BCUT2D eigenvalue weighted by Crippen LogP contribution is 2.24. The van der Waals surface area contributed by atoms with Gasteiger partial charge in [-0.2, -0.15) is 8.78 Å². The average Bonchev–Trinajstić information content (AvgIpc) is 2.66. The van der Waals surface area contributed by atoms with Gasteiger partial charge in [0.15, 0.2) is 0 Å². The van der Waals surface area contributed by atoms with E-state index in [4.69, 9.17) is 5.11 Å². The summed E-state index contributed by atoms with van der Waals surface area (Å²) in [5, 5.41) is 11.1. The number of halogens is 4. The molecule has 1 aromatic heterocycles. The Bertz CT molecular complexity index is 357. The van der Waals surface area contributed by atoms with Gasteiger partial charge in [0, 0.05) is 5.38 Å². The van der Waals surface area contributed by atoms with Crippen molar-refractivity contribution in [2.75, 3.05) is 6.61 Å². The third-order valence-corrected chi connectivity index (χ3v) is 2.68. The normalized spacial score (nSPS) is 14.3. The molecule has 0 radical (unpaired) electrons. The van der Waals surface area contributed by atoms with Gasteiger partial charge in [-0.25, -0.2) is 13.8 Å². The minimum absolute atomic E-state index is 0.278. The third kappa shape index (κ3) is 4.21. The van der Waals surface area contributed by atoms with Crippen molar-refractivity contribution in [1.82, 2.24) is 4.98 Å². The fraction of sp³-hybridized carbons (Fsp3) is 0.667. The fourth-order valence-electron chi connectivity index (χ4n) is 0.921. The highest BCUT2D eigenvalue weighted by Gasteiger charge is 2.40. The molecular weight excluding hydrogens is 262 g/mol. The maximum absolute atomic E-state index is 12.5. The van der Waals surface area contributed by atoms with Crippen LogP contribution in [0, 0.1) is 0 Å². The van der Waals surface area contributed by atoms with E-state index in [0.29, 0.717) is 10.7 Å². The van der Waals surface area contributed by atoms with E-state index in [-0.39, 0.29) is 6.61 Å². The van der Waals surface area contributed by atoms with Crippen LogP contribution in [-0.4, -0.2) is 29.0 Å². The van der Waals surface area contributed by atoms with Crippen LogP contribution in [0.2, 0.25) is 0 Å². The van der Waals surface area contributed by atoms with Gasteiger partial charge in [0.1, 0.15) is 11.6 Å². The number of hydrogen-bond acceptors (Lipinski definition) is 4. The van der Waals surface area contributed by atoms with Crippen molar-refractivity contribution >= 4 is 11.3 Å². The molecule has 0 aliphatic carbocycles. The first-order valence-corrected chi connectivity index (χ1v) is 5.57. The smallest absolute Gasteiger partial charge is 0.330 e. The van der Waals surface area contributed by atoms with Crippen molar-refractivity contribution in [2.45, 2.75) is 32.0 Å². The summed E-state index contributed by atoms with van der Waals surface area (Å²) in [4.78, 5) is 3.89. The van der Waals surface area contributed by atoms with Gasteiger partial charge in [0.25, 0.3) is 0 Å². The van der Waals surface area contributed by atoms with Crippen LogP contribution in [-0.2, 0) is 11.3 Å². The topological polar surface area (TPSA) is 42.4 Å². The van der Waals surface area contributed by atoms with E-state index < -0.39 is 25.1 Å². The largest absolute Gasteiger partial charge is 0.387 e. The van der Waals surface area contributed by atoms with E-state index >= 15 is 0 Å². The van der Waals surface area contributed by atoms with Gasteiger partial charge in [-0.3, -0.25) is 0 Å². The van der Waals surface area contributed by atoms with Crippen LogP contribution in [0.3, 0.4) is 0 Å². The molecule has 1 unspecified atom stereocenters. The molecule has 0 bridgehead atoms. The highest BCUT2D eigenvalue weighted by atomic mass is 32.1. The van der Waals surface area contributed by atoms with E-state index in [9.17, 15) is 17.6 Å². The van der Waals surface area contributed by atoms with E-state index in [1.165, 1.54) is 6.92 Å². The van der Waals surface area contributed by atoms with Crippen LogP contribution in [0.1, 0.15) is 23.7 Å².